The minimum Gasteiger partial charge on any atom is -0.481 e. The molecule has 5 nitrogen and oxygen atoms in total. The van der Waals surface area contributed by atoms with Gasteiger partial charge in [-0.05, 0) is 39.7 Å². The van der Waals surface area contributed by atoms with Gasteiger partial charge in [-0.1, -0.05) is 30.3 Å². The van der Waals surface area contributed by atoms with E-state index < -0.39 is 16.9 Å². The molecule has 3 N–H and O–H groups in total. The number of urea groups is 1. The third-order valence-electron chi connectivity index (χ3n) is 4.07. The van der Waals surface area contributed by atoms with Crippen LogP contribution in [-0.2, 0) is 11.2 Å². The molecule has 0 unspecified atom stereocenters. The molecular weight excluding hydrogens is 268 g/mol. The predicted octanol–water partition coefficient (Wildman–Crippen LogP) is 2.42. The maximum absolute atomic E-state index is 11.9. The monoisotopic (exact) mass is 292 g/mol. The molecule has 0 spiro atoms. The van der Waals surface area contributed by atoms with Gasteiger partial charge < -0.3 is 15.7 Å². The molecule has 1 aromatic rings. The molecule has 0 radical (unpaired) electrons. The van der Waals surface area contributed by atoms with Crippen LogP contribution in [0, 0.1) is 5.41 Å². The summed E-state index contributed by atoms with van der Waals surface area (Å²) in [7, 11) is 0. The van der Waals surface area contributed by atoms with Gasteiger partial charge in [0, 0.05) is 6.54 Å². The maximum atomic E-state index is 11.9. The first-order valence-electron chi connectivity index (χ1n) is 7.00. The Morgan fingerprint density at radius 1 is 1.10 bits per heavy atom. The Balaban J connectivity index is 2.48. The van der Waals surface area contributed by atoms with Crippen molar-refractivity contribution in [2.24, 2.45) is 5.41 Å². The summed E-state index contributed by atoms with van der Waals surface area (Å²) in [5.74, 6) is -0.947. The van der Waals surface area contributed by atoms with Crippen molar-refractivity contribution >= 4 is 12.0 Å². The van der Waals surface area contributed by atoms with Crippen LogP contribution in [0.3, 0.4) is 0 Å². The van der Waals surface area contributed by atoms with E-state index in [1.54, 1.807) is 27.7 Å². The van der Waals surface area contributed by atoms with Gasteiger partial charge >= 0.3 is 12.0 Å². The quantitative estimate of drug-likeness (QED) is 0.753. The Labute approximate surface area is 125 Å². The van der Waals surface area contributed by atoms with Crippen molar-refractivity contribution < 1.29 is 14.7 Å². The number of aliphatic carboxylic acids is 1. The Morgan fingerprint density at radius 3 is 2.19 bits per heavy atom. The predicted molar refractivity (Wildman–Crippen MR) is 82.2 cm³/mol. The average Bonchev–Trinajstić information content (AvgIpc) is 2.38. The summed E-state index contributed by atoms with van der Waals surface area (Å²) in [6.07, 6.45) is 0.733. The molecule has 0 aromatic heterocycles. The molecule has 0 aliphatic carbocycles. The lowest BCUT2D eigenvalue weighted by Crippen LogP contribution is -2.59. The summed E-state index contributed by atoms with van der Waals surface area (Å²) in [4.78, 5) is 23.2. The Kier molecular flexibility index (Phi) is 5.35. The van der Waals surface area contributed by atoms with Gasteiger partial charge in [-0.3, -0.25) is 4.79 Å². The minimum atomic E-state index is -1.07. The highest BCUT2D eigenvalue weighted by atomic mass is 16.4. The van der Waals surface area contributed by atoms with Crippen molar-refractivity contribution in [2.75, 3.05) is 6.54 Å². The van der Waals surface area contributed by atoms with Crippen LogP contribution >= 0.6 is 0 Å². The summed E-state index contributed by atoms with van der Waals surface area (Å²) < 4.78 is 0. The zero-order valence-corrected chi connectivity index (χ0v) is 13.1. The van der Waals surface area contributed by atoms with Crippen LogP contribution in [0.4, 0.5) is 4.79 Å². The normalized spacial score (nSPS) is 11.8. The first kappa shape index (κ1) is 17.0. The highest BCUT2D eigenvalue weighted by molar-refractivity contribution is 5.79. The maximum Gasteiger partial charge on any atom is 0.315 e. The molecule has 5 heteroatoms. The third-order valence-corrected chi connectivity index (χ3v) is 4.07. The van der Waals surface area contributed by atoms with Crippen molar-refractivity contribution in [3.63, 3.8) is 0 Å². The lowest BCUT2D eigenvalue weighted by atomic mass is 9.74. The van der Waals surface area contributed by atoms with Crippen LogP contribution in [0.5, 0.6) is 0 Å². The van der Waals surface area contributed by atoms with E-state index in [1.807, 2.05) is 30.3 Å². The summed E-state index contributed by atoms with van der Waals surface area (Å²) >= 11 is 0. The van der Waals surface area contributed by atoms with Crippen LogP contribution in [0.25, 0.3) is 0 Å². The number of nitrogens with one attached hydrogen (secondary N) is 2. The highest BCUT2D eigenvalue weighted by Gasteiger charge is 2.44. The number of benzene rings is 1. The molecule has 0 bridgehead atoms. The van der Waals surface area contributed by atoms with Gasteiger partial charge in [-0.25, -0.2) is 4.79 Å². The van der Waals surface area contributed by atoms with E-state index in [1.165, 1.54) is 0 Å². The second-order valence-electron chi connectivity index (χ2n) is 6.17. The molecule has 0 aliphatic rings. The second-order valence-corrected chi connectivity index (χ2v) is 6.17. The molecule has 21 heavy (non-hydrogen) atoms. The van der Waals surface area contributed by atoms with Gasteiger partial charge in [-0.2, -0.15) is 0 Å². The van der Waals surface area contributed by atoms with E-state index in [4.69, 9.17) is 0 Å². The highest BCUT2D eigenvalue weighted by Crippen LogP contribution is 2.30. The van der Waals surface area contributed by atoms with E-state index >= 15 is 0 Å². The Bertz CT molecular complexity index is 496. The topological polar surface area (TPSA) is 78.4 Å². The van der Waals surface area contributed by atoms with Gasteiger partial charge in [-0.15, -0.1) is 0 Å². The van der Waals surface area contributed by atoms with Gasteiger partial charge in [0.2, 0.25) is 0 Å². The number of carbonyl (C=O) groups excluding carboxylic acids is 1. The fraction of sp³-hybridized carbons (Fsp3) is 0.500. The number of carboxylic acid groups (broad SMARTS) is 1. The summed E-state index contributed by atoms with van der Waals surface area (Å²) in [6, 6.07) is 9.49. The van der Waals surface area contributed by atoms with Gasteiger partial charge in [0.05, 0.1) is 11.0 Å². The standard InChI is InChI=1S/C16H24N2O3/c1-15(2,13(19)20)16(3,4)18-14(21)17-11-10-12-8-6-5-7-9-12/h5-9H,10-11H2,1-4H3,(H,19,20)(H2,17,18,21). The molecule has 0 heterocycles. The third kappa shape index (κ3) is 4.48. The van der Waals surface area contributed by atoms with E-state index in [9.17, 15) is 14.7 Å². The largest absolute Gasteiger partial charge is 0.481 e. The summed E-state index contributed by atoms with van der Waals surface area (Å²) in [5.41, 5.74) is -0.790. The van der Waals surface area contributed by atoms with E-state index in [2.05, 4.69) is 10.6 Å². The molecule has 0 aliphatic heterocycles. The number of carboxylic acids is 1. The molecule has 1 rings (SSSR count). The first-order chi connectivity index (χ1) is 9.67. The van der Waals surface area contributed by atoms with Gasteiger partial charge in [0.25, 0.3) is 0 Å². The van der Waals surface area contributed by atoms with Crippen molar-refractivity contribution in [3.05, 3.63) is 35.9 Å². The molecule has 0 saturated carbocycles. The number of hydrogen-bond donors (Lipinski definition) is 3. The van der Waals surface area contributed by atoms with Crippen LogP contribution in [-0.4, -0.2) is 29.2 Å². The smallest absolute Gasteiger partial charge is 0.315 e. The molecule has 0 saturated heterocycles. The molecule has 2 amide bonds. The SMILES string of the molecule is CC(C)(NC(=O)NCCc1ccccc1)C(C)(C)C(=O)O. The van der Waals surface area contributed by atoms with Crippen molar-refractivity contribution in [2.45, 2.75) is 39.7 Å². The van der Waals surface area contributed by atoms with E-state index in [0.29, 0.717) is 6.54 Å². The van der Waals surface area contributed by atoms with Crippen molar-refractivity contribution in [1.29, 1.82) is 0 Å². The number of hydrogen-bond acceptors (Lipinski definition) is 2. The zero-order valence-electron chi connectivity index (χ0n) is 13.1. The lowest BCUT2D eigenvalue weighted by Gasteiger charge is -2.38. The van der Waals surface area contributed by atoms with E-state index in [-0.39, 0.29) is 6.03 Å². The fourth-order valence-electron chi connectivity index (χ4n) is 1.72. The minimum absolute atomic E-state index is 0.356. The molecular formula is C16H24N2O3. The Morgan fingerprint density at radius 2 is 1.67 bits per heavy atom. The van der Waals surface area contributed by atoms with Crippen molar-refractivity contribution in [1.82, 2.24) is 10.6 Å². The first-order valence-corrected chi connectivity index (χ1v) is 7.00. The molecule has 0 fully saturated rings. The lowest BCUT2D eigenvalue weighted by molar-refractivity contribution is -0.150. The average molecular weight is 292 g/mol. The Hall–Kier alpha value is -2.04. The number of rotatable bonds is 6. The number of carbonyl (C=O) groups is 2. The van der Waals surface area contributed by atoms with Crippen LogP contribution in [0.2, 0.25) is 0 Å². The second kappa shape index (κ2) is 6.61. The zero-order chi connectivity index (χ0) is 16.1. The van der Waals surface area contributed by atoms with Gasteiger partial charge in [0.1, 0.15) is 0 Å². The van der Waals surface area contributed by atoms with Crippen LogP contribution in [0.1, 0.15) is 33.3 Å². The summed E-state index contributed by atoms with van der Waals surface area (Å²) in [5, 5.41) is 14.7. The molecule has 1 aromatic carbocycles. The fourth-order valence-corrected chi connectivity index (χ4v) is 1.72. The van der Waals surface area contributed by atoms with Crippen molar-refractivity contribution in [3.8, 4) is 0 Å². The number of amides is 2. The van der Waals surface area contributed by atoms with Gasteiger partial charge in [0.15, 0.2) is 0 Å². The van der Waals surface area contributed by atoms with Crippen LogP contribution < -0.4 is 10.6 Å². The van der Waals surface area contributed by atoms with Crippen LogP contribution in [0.15, 0.2) is 30.3 Å². The molecule has 0 atom stereocenters. The molecule has 116 valence electrons. The van der Waals surface area contributed by atoms with E-state index in [0.717, 1.165) is 12.0 Å². The summed E-state index contributed by atoms with van der Waals surface area (Å²) in [6.45, 7) is 7.11.